The summed E-state index contributed by atoms with van der Waals surface area (Å²) in [5.41, 5.74) is 3.85. The van der Waals surface area contributed by atoms with Crippen molar-refractivity contribution in [1.29, 1.82) is 0 Å². The highest BCUT2D eigenvalue weighted by Crippen LogP contribution is 2.44. The van der Waals surface area contributed by atoms with Gasteiger partial charge in [0, 0.05) is 23.5 Å². The van der Waals surface area contributed by atoms with Crippen molar-refractivity contribution in [1.82, 2.24) is 9.78 Å². The van der Waals surface area contributed by atoms with E-state index in [1.807, 2.05) is 55.6 Å². The topological polar surface area (TPSA) is 65.4 Å². The average Bonchev–Trinajstić information content (AvgIpc) is 3.15. The van der Waals surface area contributed by atoms with E-state index in [0.717, 1.165) is 22.4 Å². The van der Waals surface area contributed by atoms with Gasteiger partial charge in [0.15, 0.2) is 11.5 Å². The molecule has 1 aromatic heterocycles. The van der Waals surface area contributed by atoms with Crippen LogP contribution in [0.4, 0.5) is 5.82 Å². The number of carbonyl (C=O) groups excluding carboxylic acids is 1. The Hall–Kier alpha value is -3.54. The molecule has 0 fully saturated rings. The van der Waals surface area contributed by atoms with Crippen molar-refractivity contribution in [3.05, 3.63) is 78.0 Å². The van der Waals surface area contributed by atoms with Crippen molar-refractivity contribution in [2.45, 2.75) is 19.3 Å². The minimum Gasteiger partial charge on any atom is -0.493 e. The van der Waals surface area contributed by atoms with Crippen LogP contribution >= 0.6 is 0 Å². The zero-order valence-electron chi connectivity index (χ0n) is 16.5. The van der Waals surface area contributed by atoms with Gasteiger partial charge in [-0.05, 0) is 24.6 Å². The molecular formula is C23H23N3O3. The Morgan fingerprint density at radius 1 is 1.24 bits per heavy atom. The molecule has 2 aromatic carbocycles. The average molecular weight is 389 g/mol. The molecule has 1 amide bonds. The first-order chi connectivity index (χ1) is 14.1. The molecule has 0 saturated heterocycles. The summed E-state index contributed by atoms with van der Waals surface area (Å²) in [5.74, 6) is 1.70. The standard InChI is InChI=1S/C23H23N3O3/c1-4-12-29-22-16(9-7-11-20(22)28-3)17-13-21(27)25-23-18(17)14-24-26(23)19-10-6-5-8-15(19)2/h4-11,14,17H,1,12-13H2,2-3H3,(H,25,27). The normalized spacial score (nSPS) is 15.4. The zero-order chi connectivity index (χ0) is 20.4. The smallest absolute Gasteiger partial charge is 0.226 e. The van der Waals surface area contributed by atoms with Crippen molar-refractivity contribution in [2.24, 2.45) is 0 Å². The van der Waals surface area contributed by atoms with Crippen molar-refractivity contribution in [3.63, 3.8) is 0 Å². The van der Waals surface area contributed by atoms with Crippen LogP contribution in [0.2, 0.25) is 0 Å². The van der Waals surface area contributed by atoms with Crippen molar-refractivity contribution < 1.29 is 14.3 Å². The van der Waals surface area contributed by atoms with Crippen LogP contribution in [0.25, 0.3) is 5.69 Å². The third kappa shape index (κ3) is 3.38. The highest BCUT2D eigenvalue weighted by Gasteiger charge is 2.33. The first-order valence-electron chi connectivity index (χ1n) is 9.48. The van der Waals surface area contributed by atoms with Gasteiger partial charge in [0.25, 0.3) is 0 Å². The summed E-state index contributed by atoms with van der Waals surface area (Å²) in [6.45, 7) is 6.09. The van der Waals surface area contributed by atoms with Gasteiger partial charge in [-0.3, -0.25) is 4.79 Å². The zero-order valence-corrected chi connectivity index (χ0v) is 16.5. The molecule has 6 heteroatoms. The van der Waals surface area contributed by atoms with Crippen LogP contribution in [-0.4, -0.2) is 29.4 Å². The minimum absolute atomic E-state index is 0.0599. The van der Waals surface area contributed by atoms with Gasteiger partial charge in [-0.25, -0.2) is 4.68 Å². The number of nitrogens with one attached hydrogen (secondary N) is 1. The number of benzene rings is 2. The van der Waals surface area contributed by atoms with E-state index < -0.39 is 0 Å². The highest BCUT2D eigenvalue weighted by atomic mass is 16.5. The summed E-state index contributed by atoms with van der Waals surface area (Å²) < 4.78 is 13.2. The number of anilines is 1. The van der Waals surface area contributed by atoms with Gasteiger partial charge in [0.2, 0.25) is 5.91 Å². The molecule has 6 nitrogen and oxygen atoms in total. The second kappa shape index (κ2) is 7.83. The largest absolute Gasteiger partial charge is 0.493 e. The summed E-state index contributed by atoms with van der Waals surface area (Å²) in [7, 11) is 1.61. The lowest BCUT2D eigenvalue weighted by molar-refractivity contribution is -0.116. The number of rotatable bonds is 6. The number of hydrogen-bond acceptors (Lipinski definition) is 4. The Kier molecular flexibility index (Phi) is 5.08. The van der Waals surface area contributed by atoms with Crippen LogP contribution in [0.3, 0.4) is 0 Å². The minimum atomic E-state index is -0.188. The Balaban J connectivity index is 1.84. The molecule has 1 N–H and O–H groups in total. The lowest BCUT2D eigenvalue weighted by Gasteiger charge is -2.26. The Morgan fingerprint density at radius 3 is 2.83 bits per heavy atom. The lowest BCUT2D eigenvalue weighted by atomic mass is 9.86. The van der Waals surface area contributed by atoms with E-state index in [1.165, 1.54) is 0 Å². The fraction of sp³-hybridized carbons (Fsp3) is 0.217. The van der Waals surface area contributed by atoms with Gasteiger partial charge in [-0.15, -0.1) is 0 Å². The molecule has 1 unspecified atom stereocenters. The first-order valence-corrected chi connectivity index (χ1v) is 9.48. The monoisotopic (exact) mass is 389 g/mol. The third-order valence-corrected chi connectivity index (χ3v) is 5.11. The molecule has 2 heterocycles. The predicted octanol–water partition coefficient (Wildman–Crippen LogP) is 4.23. The third-order valence-electron chi connectivity index (χ3n) is 5.11. The number of fused-ring (bicyclic) bond motifs is 1. The fourth-order valence-corrected chi connectivity index (χ4v) is 3.75. The maximum absolute atomic E-state index is 12.6. The second-order valence-corrected chi connectivity index (χ2v) is 6.93. The van der Waals surface area contributed by atoms with E-state index in [9.17, 15) is 4.79 Å². The molecule has 0 bridgehead atoms. The van der Waals surface area contributed by atoms with Crippen molar-refractivity contribution >= 4 is 11.7 Å². The van der Waals surface area contributed by atoms with Crippen LogP contribution in [0.5, 0.6) is 11.5 Å². The number of aromatic nitrogens is 2. The van der Waals surface area contributed by atoms with Gasteiger partial charge < -0.3 is 14.8 Å². The van der Waals surface area contributed by atoms with Crippen molar-refractivity contribution in [2.75, 3.05) is 19.0 Å². The Labute approximate surface area is 169 Å². The molecule has 0 aliphatic carbocycles. The molecule has 0 radical (unpaired) electrons. The number of nitrogens with zero attached hydrogens (tertiary/aromatic N) is 2. The number of carbonyl (C=O) groups is 1. The van der Waals surface area contributed by atoms with Crippen LogP contribution < -0.4 is 14.8 Å². The number of hydrogen-bond donors (Lipinski definition) is 1. The SMILES string of the molecule is C=CCOc1c(OC)cccc1C1CC(=O)Nc2c1cnn2-c1ccccc1C. The van der Waals surface area contributed by atoms with E-state index >= 15 is 0 Å². The van der Waals surface area contributed by atoms with Gasteiger partial charge in [0.1, 0.15) is 12.4 Å². The summed E-state index contributed by atoms with van der Waals surface area (Å²) in [6.07, 6.45) is 3.82. The lowest BCUT2D eigenvalue weighted by Crippen LogP contribution is -2.25. The van der Waals surface area contributed by atoms with E-state index in [-0.39, 0.29) is 11.8 Å². The molecule has 1 atom stereocenters. The van der Waals surface area contributed by atoms with Crippen LogP contribution in [0, 0.1) is 6.92 Å². The molecule has 1 aliphatic rings. The maximum atomic E-state index is 12.6. The van der Waals surface area contributed by atoms with Gasteiger partial charge in [-0.1, -0.05) is 43.0 Å². The number of ether oxygens (including phenoxy) is 2. The fourth-order valence-electron chi connectivity index (χ4n) is 3.75. The van der Waals surface area contributed by atoms with Gasteiger partial charge in [-0.2, -0.15) is 5.10 Å². The van der Waals surface area contributed by atoms with Crippen LogP contribution in [-0.2, 0) is 4.79 Å². The first kappa shape index (κ1) is 18.8. The molecule has 29 heavy (non-hydrogen) atoms. The summed E-state index contributed by atoms with van der Waals surface area (Å²) in [4.78, 5) is 12.6. The molecular weight excluding hydrogens is 366 g/mol. The molecule has 4 rings (SSSR count). The number of amides is 1. The Morgan fingerprint density at radius 2 is 2.07 bits per heavy atom. The van der Waals surface area contributed by atoms with E-state index in [2.05, 4.69) is 17.0 Å². The highest BCUT2D eigenvalue weighted by molar-refractivity contribution is 5.95. The number of aryl methyl sites for hydroxylation is 1. The Bertz CT molecular complexity index is 1070. The van der Waals surface area contributed by atoms with E-state index in [4.69, 9.17) is 9.47 Å². The maximum Gasteiger partial charge on any atom is 0.226 e. The molecule has 0 spiro atoms. The van der Waals surface area contributed by atoms with Gasteiger partial charge >= 0.3 is 0 Å². The van der Waals surface area contributed by atoms with Crippen molar-refractivity contribution in [3.8, 4) is 17.2 Å². The summed E-state index contributed by atoms with van der Waals surface area (Å²) in [6, 6.07) is 13.7. The van der Waals surface area contributed by atoms with E-state index in [1.54, 1.807) is 17.9 Å². The molecule has 148 valence electrons. The molecule has 1 aliphatic heterocycles. The quantitative estimate of drug-likeness (QED) is 0.641. The van der Waals surface area contributed by atoms with Crippen LogP contribution in [0.1, 0.15) is 29.0 Å². The molecule has 3 aromatic rings. The van der Waals surface area contributed by atoms with Gasteiger partial charge in [0.05, 0.1) is 19.0 Å². The second-order valence-electron chi connectivity index (χ2n) is 6.93. The predicted molar refractivity (Wildman–Crippen MR) is 112 cm³/mol. The van der Waals surface area contributed by atoms with E-state index in [0.29, 0.717) is 30.3 Å². The number of para-hydroxylation sites is 2. The summed E-state index contributed by atoms with van der Waals surface area (Å²) >= 11 is 0. The molecule has 0 saturated carbocycles. The summed E-state index contributed by atoms with van der Waals surface area (Å²) in [5, 5.41) is 7.59. The number of methoxy groups -OCH3 is 1. The van der Waals surface area contributed by atoms with Crippen LogP contribution in [0.15, 0.2) is 61.3 Å².